The largest absolute Gasteiger partial charge is 0.380 e. The highest BCUT2D eigenvalue weighted by Crippen LogP contribution is 2.27. The van der Waals surface area contributed by atoms with Crippen molar-refractivity contribution in [3.05, 3.63) is 56.2 Å². The van der Waals surface area contributed by atoms with Gasteiger partial charge in [0.15, 0.2) is 0 Å². The topological polar surface area (TPSA) is 38.5 Å². The lowest BCUT2D eigenvalue weighted by atomic mass is 9.99. The van der Waals surface area contributed by atoms with E-state index in [4.69, 9.17) is 10.5 Å². The van der Waals surface area contributed by atoms with Crippen molar-refractivity contribution < 1.29 is 4.74 Å². The number of thiophene rings is 1. The summed E-state index contributed by atoms with van der Waals surface area (Å²) in [6, 6.07) is 10.7. The van der Waals surface area contributed by atoms with Gasteiger partial charge in [-0.15, -0.1) is 11.3 Å². The van der Waals surface area contributed by atoms with Crippen molar-refractivity contribution >= 4 is 27.3 Å². The average molecular weight is 369 g/mol. The standard InChI is InChI=1S/C16H21BrN2OS/c1-19(9-12-7-16(17)21-11-12)15(8-18)14-6-4-3-5-13(14)10-20-2/h3-7,11,15H,8-10,18H2,1-2H3. The van der Waals surface area contributed by atoms with E-state index in [9.17, 15) is 0 Å². The maximum atomic E-state index is 6.04. The van der Waals surface area contributed by atoms with Crippen LogP contribution >= 0.6 is 27.3 Å². The SMILES string of the molecule is COCc1ccccc1C(CN)N(C)Cc1csc(Br)c1. The number of halogens is 1. The molecule has 1 unspecified atom stereocenters. The van der Waals surface area contributed by atoms with Gasteiger partial charge in [-0.2, -0.15) is 0 Å². The summed E-state index contributed by atoms with van der Waals surface area (Å²) >= 11 is 5.22. The van der Waals surface area contributed by atoms with Crippen molar-refractivity contribution in [2.45, 2.75) is 19.2 Å². The van der Waals surface area contributed by atoms with E-state index in [1.165, 1.54) is 16.7 Å². The summed E-state index contributed by atoms with van der Waals surface area (Å²) in [7, 11) is 3.84. The van der Waals surface area contributed by atoms with Crippen LogP contribution in [0.2, 0.25) is 0 Å². The molecule has 21 heavy (non-hydrogen) atoms. The van der Waals surface area contributed by atoms with Gasteiger partial charge in [-0.3, -0.25) is 4.90 Å². The highest BCUT2D eigenvalue weighted by Gasteiger charge is 2.18. The van der Waals surface area contributed by atoms with Crippen LogP contribution in [0, 0.1) is 0 Å². The minimum absolute atomic E-state index is 0.190. The number of likely N-dealkylation sites (N-methyl/N-ethyl adjacent to an activating group) is 1. The fourth-order valence-corrected chi connectivity index (χ4v) is 3.72. The summed E-state index contributed by atoms with van der Waals surface area (Å²) in [6.45, 7) is 2.08. The van der Waals surface area contributed by atoms with E-state index in [2.05, 4.69) is 57.5 Å². The van der Waals surface area contributed by atoms with Crippen molar-refractivity contribution in [1.29, 1.82) is 0 Å². The molecule has 2 rings (SSSR count). The molecule has 0 aliphatic heterocycles. The van der Waals surface area contributed by atoms with Crippen LogP contribution in [0.25, 0.3) is 0 Å². The third kappa shape index (κ3) is 4.37. The Bertz CT molecular complexity index is 573. The van der Waals surface area contributed by atoms with Crippen molar-refractivity contribution in [3.8, 4) is 0 Å². The highest BCUT2D eigenvalue weighted by molar-refractivity contribution is 9.11. The van der Waals surface area contributed by atoms with E-state index in [1.54, 1.807) is 18.4 Å². The molecule has 1 atom stereocenters. The van der Waals surface area contributed by atoms with E-state index in [0.717, 1.165) is 10.3 Å². The molecule has 1 aromatic heterocycles. The third-order valence-electron chi connectivity index (χ3n) is 3.52. The van der Waals surface area contributed by atoms with Gasteiger partial charge in [0.25, 0.3) is 0 Å². The zero-order valence-corrected chi connectivity index (χ0v) is 14.8. The minimum Gasteiger partial charge on any atom is -0.380 e. The van der Waals surface area contributed by atoms with Crippen LogP contribution in [0.4, 0.5) is 0 Å². The molecule has 0 bridgehead atoms. The first kappa shape index (κ1) is 16.6. The number of hydrogen-bond donors (Lipinski definition) is 1. The Morgan fingerprint density at radius 3 is 2.76 bits per heavy atom. The van der Waals surface area contributed by atoms with Crippen LogP contribution < -0.4 is 5.73 Å². The van der Waals surface area contributed by atoms with Crippen LogP contribution in [-0.2, 0) is 17.9 Å². The molecule has 1 aromatic carbocycles. The summed E-state index contributed by atoms with van der Waals surface area (Å²) in [6.07, 6.45) is 0. The molecule has 0 radical (unpaired) electrons. The Morgan fingerprint density at radius 1 is 1.38 bits per heavy atom. The number of benzene rings is 1. The van der Waals surface area contributed by atoms with Gasteiger partial charge in [0.1, 0.15) is 0 Å². The first-order valence-electron chi connectivity index (χ1n) is 6.85. The van der Waals surface area contributed by atoms with Crippen molar-refractivity contribution in [2.24, 2.45) is 5.73 Å². The predicted molar refractivity (Wildman–Crippen MR) is 92.4 cm³/mol. The molecule has 0 amide bonds. The Labute approximate surface area is 138 Å². The maximum Gasteiger partial charge on any atom is 0.0716 e. The minimum atomic E-state index is 0.190. The fraction of sp³-hybridized carbons (Fsp3) is 0.375. The van der Waals surface area contributed by atoms with Gasteiger partial charge in [-0.25, -0.2) is 0 Å². The van der Waals surface area contributed by atoms with Gasteiger partial charge in [0.05, 0.1) is 10.4 Å². The molecule has 1 heterocycles. The molecule has 0 aliphatic carbocycles. The lowest BCUT2D eigenvalue weighted by Gasteiger charge is -2.28. The molecule has 2 N–H and O–H groups in total. The number of nitrogens with zero attached hydrogens (tertiary/aromatic N) is 1. The Morgan fingerprint density at radius 2 is 2.14 bits per heavy atom. The van der Waals surface area contributed by atoms with E-state index in [0.29, 0.717) is 13.2 Å². The Hall–Kier alpha value is -0.720. The van der Waals surface area contributed by atoms with Gasteiger partial charge in [-0.1, -0.05) is 24.3 Å². The summed E-state index contributed by atoms with van der Waals surface area (Å²) in [5, 5.41) is 2.18. The molecule has 114 valence electrons. The Kier molecular flexibility index (Phi) is 6.39. The average Bonchev–Trinajstić information content (AvgIpc) is 2.87. The Balaban J connectivity index is 2.18. The van der Waals surface area contributed by atoms with E-state index in [-0.39, 0.29) is 6.04 Å². The third-order valence-corrected chi connectivity index (χ3v) is 5.08. The van der Waals surface area contributed by atoms with E-state index in [1.807, 2.05) is 6.07 Å². The molecular formula is C16H21BrN2OS. The smallest absolute Gasteiger partial charge is 0.0716 e. The second-order valence-corrected chi connectivity index (χ2v) is 7.35. The second kappa shape index (κ2) is 8.06. The lowest BCUT2D eigenvalue weighted by molar-refractivity contribution is 0.179. The number of hydrogen-bond acceptors (Lipinski definition) is 4. The molecule has 5 heteroatoms. The number of ether oxygens (including phenoxy) is 1. The quantitative estimate of drug-likeness (QED) is 0.807. The van der Waals surface area contributed by atoms with Crippen molar-refractivity contribution in [3.63, 3.8) is 0 Å². The molecule has 2 aromatic rings. The molecule has 0 saturated carbocycles. The van der Waals surface area contributed by atoms with E-state index < -0.39 is 0 Å². The second-order valence-electron chi connectivity index (χ2n) is 5.06. The number of rotatable bonds is 7. The first-order valence-corrected chi connectivity index (χ1v) is 8.53. The highest BCUT2D eigenvalue weighted by atomic mass is 79.9. The maximum absolute atomic E-state index is 6.04. The zero-order chi connectivity index (χ0) is 15.2. The summed E-state index contributed by atoms with van der Waals surface area (Å²) < 4.78 is 6.46. The molecule has 0 fully saturated rings. The predicted octanol–water partition coefficient (Wildman–Crippen LogP) is 3.79. The van der Waals surface area contributed by atoms with Gasteiger partial charge in [0.2, 0.25) is 0 Å². The number of methoxy groups -OCH3 is 1. The van der Waals surface area contributed by atoms with Crippen LogP contribution in [0.1, 0.15) is 22.7 Å². The normalized spacial score (nSPS) is 12.8. The van der Waals surface area contributed by atoms with Crippen LogP contribution in [0.15, 0.2) is 39.5 Å². The first-order chi connectivity index (χ1) is 10.2. The van der Waals surface area contributed by atoms with Gasteiger partial charge in [-0.05, 0) is 51.1 Å². The molecule has 3 nitrogen and oxygen atoms in total. The van der Waals surface area contributed by atoms with Gasteiger partial charge in [0, 0.05) is 26.2 Å². The molecule has 0 aliphatic rings. The fourth-order valence-electron chi connectivity index (χ4n) is 2.52. The molecule has 0 saturated heterocycles. The molecular weight excluding hydrogens is 348 g/mol. The summed E-state index contributed by atoms with van der Waals surface area (Å²) in [5.74, 6) is 0. The van der Waals surface area contributed by atoms with Gasteiger partial charge >= 0.3 is 0 Å². The molecule has 0 spiro atoms. The van der Waals surface area contributed by atoms with Crippen LogP contribution in [0.3, 0.4) is 0 Å². The lowest BCUT2D eigenvalue weighted by Crippen LogP contribution is -2.30. The summed E-state index contributed by atoms with van der Waals surface area (Å²) in [4.78, 5) is 2.29. The van der Waals surface area contributed by atoms with Gasteiger partial charge < -0.3 is 10.5 Å². The number of nitrogens with two attached hydrogens (primary N) is 1. The van der Waals surface area contributed by atoms with Crippen LogP contribution in [0.5, 0.6) is 0 Å². The van der Waals surface area contributed by atoms with Crippen molar-refractivity contribution in [2.75, 3.05) is 20.7 Å². The van der Waals surface area contributed by atoms with Crippen molar-refractivity contribution in [1.82, 2.24) is 4.90 Å². The summed E-state index contributed by atoms with van der Waals surface area (Å²) in [5.41, 5.74) is 9.79. The monoisotopic (exact) mass is 368 g/mol. The zero-order valence-electron chi connectivity index (χ0n) is 12.4. The van der Waals surface area contributed by atoms with Crippen LogP contribution in [-0.4, -0.2) is 25.6 Å². The van der Waals surface area contributed by atoms with E-state index >= 15 is 0 Å².